The first-order valence-electron chi connectivity index (χ1n) is 6.21. The number of hydrogen-bond acceptors (Lipinski definition) is 5. The molecule has 3 aromatic rings. The second kappa shape index (κ2) is 5.06. The van der Waals surface area contributed by atoms with E-state index in [2.05, 4.69) is 11.2 Å². The van der Waals surface area contributed by atoms with Gasteiger partial charge < -0.3 is 14.9 Å². The molecule has 0 amide bonds. The van der Waals surface area contributed by atoms with Gasteiger partial charge in [-0.05, 0) is 36.4 Å². The Morgan fingerprint density at radius 3 is 2.62 bits per heavy atom. The number of nitriles is 1. The van der Waals surface area contributed by atoms with Gasteiger partial charge in [0.25, 0.3) is 0 Å². The van der Waals surface area contributed by atoms with E-state index < -0.39 is 0 Å². The summed E-state index contributed by atoms with van der Waals surface area (Å²) in [7, 11) is 1.60. The Labute approximate surface area is 121 Å². The van der Waals surface area contributed by atoms with Crippen molar-refractivity contribution >= 4 is 5.82 Å². The van der Waals surface area contributed by atoms with Crippen molar-refractivity contribution in [2.75, 3.05) is 12.8 Å². The van der Waals surface area contributed by atoms with Crippen LogP contribution in [-0.2, 0) is 0 Å². The van der Waals surface area contributed by atoms with Gasteiger partial charge in [0.1, 0.15) is 28.9 Å². The quantitative estimate of drug-likeness (QED) is 0.796. The second-order valence-corrected chi connectivity index (χ2v) is 4.31. The van der Waals surface area contributed by atoms with E-state index in [0.29, 0.717) is 17.0 Å². The third-order valence-corrected chi connectivity index (χ3v) is 3.10. The van der Waals surface area contributed by atoms with Gasteiger partial charge in [-0.25, -0.2) is 4.68 Å². The predicted molar refractivity (Wildman–Crippen MR) is 76.9 cm³/mol. The lowest BCUT2D eigenvalue weighted by atomic mass is 10.2. The van der Waals surface area contributed by atoms with E-state index in [1.165, 1.54) is 10.9 Å². The van der Waals surface area contributed by atoms with E-state index in [-0.39, 0.29) is 5.82 Å². The summed E-state index contributed by atoms with van der Waals surface area (Å²) < 4.78 is 11.9. The maximum absolute atomic E-state index is 9.30. The van der Waals surface area contributed by atoms with Crippen LogP contribution in [0.15, 0.2) is 47.1 Å². The first-order valence-corrected chi connectivity index (χ1v) is 6.21. The Morgan fingerprint density at radius 2 is 2.05 bits per heavy atom. The average Bonchev–Trinajstić information content (AvgIpc) is 3.15. The standard InChI is InChI=1S/C15H12N4O2/c1-20-11-6-4-10(5-7-11)19-15(17)12(9-16)14(18-19)13-3-2-8-21-13/h2-8H,17H2,1H3. The highest BCUT2D eigenvalue weighted by molar-refractivity contribution is 5.70. The van der Waals surface area contributed by atoms with Gasteiger partial charge in [-0.1, -0.05) is 0 Å². The molecule has 104 valence electrons. The highest BCUT2D eigenvalue weighted by atomic mass is 16.5. The summed E-state index contributed by atoms with van der Waals surface area (Å²) in [5, 5.41) is 13.7. The summed E-state index contributed by atoms with van der Waals surface area (Å²) in [6.07, 6.45) is 1.53. The molecule has 3 rings (SSSR count). The van der Waals surface area contributed by atoms with Crippen LogP contribution in [0.1, 0.15) is 5.56 Å². The van der Waals surface area contributed by atoms with Crippen LogP contribution in [0.25, 0.3) is 17.1 Å². The minimum atomic E-state index is 0.272. The number of nitrogens with zero attached hydrogens (tertiary/aromatic N) is 3. The lowest BCUT2D eigenvalue weighted by Gasteiger charge is -2.05. The molecule has 6 nitrogen and oxygen atoms in total. The minimum Gasteiger partial charge on any atom is -0.497 e. The van der Waals surface area contributed by atoms with Crippen molar-refractivity contribution in [2.24, 2.45) is 0 Å². The summed E-state index contributed by atoms with van der Waals surface area (Å²) in [6, 6.07) is 12.8. The molecule has 0 saturated heterocycles. The highest BCUT2D eigenvalue weighted by Gasteiger charge is 2.19. The summed E-state index contributed by atoms with van der Waals surface area (Å²) in [5.41, 5.74) is 7.49. The van der Waals surface area contributed by atoms with Gasteiger partial charge in [-0.3, -0.25) is 0 Å². The van der Waals surface area contributed by atoms with E-state index >= 15 is 0 Å². The largest absolute Gasteiger partial charge is 0.497 e. The molecule has 0 fully saturated rings. The Bertz CT molecular complexity index is 796. The lowest BCUT2D eigenvalue weighted by Crippen LogP contribution is -2.02. The smallest absolute Gasteiger partial charge is 0.155 e. The zero-order valence-corrected chi connectivity index (χ0v) is 11.3. The second-order valence-electron chi connectivity index (χ2n) is 4.31. The van der Waals surface area contributed by atoms with E-state index in [0.717, 1.165) is 11.4 Å². The molecule has 6 heteroatoms. The maximum atomic E-state index is 9.30. The number of rotatable bonds is 3. The van der Waals surface area contributed by atoms with Crippen LogP contribution in [-0.4, -0.2) is 16.9 Å². The molecule has 0 bridgehead atoms. The van der Waals surface area contributed by atoms with Crippen molar-refractivity contribution in [3.8, 4) is 29.0 Å². The van der Waals surface area contributed by atoms with Gasteiger partial charge in [0.2, 0.25) is 0 Å². The summed E-state index contributed by atoms with van der Waals surface area (Å²) in [5.74, 6) is 1.51. The van der Waals surface area contributed by atoms with Gasteiger partial charge in [0, 0.05) is 0 Å². The molecule has 1 aromatic carbocycles. The average molecular weight is 280 g/mol. The van der Waals surface area contributed by atoms with Gasteiger partial charge in [0.15, 0.2) is 5.76 Å². The molecule has 2 heterocycles. The molecule has 0 unspecified atom stereocenters. The van der Waals surface area contributed by atoms with Crippen LogP contribution in [0, 0.1) is 11.3 Å². The van der Waals surface area contributed by atoms with E-state index in [1.54, 1.807) is 31.4 Å². The molecule has 0 atom stereocenters. The van der Waals surface area contributed by atoms with E-state index in [9.17, 15) is 5.26 Å². The first kappa shape index (κ1) is 12.8. The van der Waals surface area contributed by atoms with Crippen molar-refractivity contribution in [3.05, 3.63) is 48.2 Å². The van der Waals surface area contributed by atoms with Crippen LogP contribution in [0.3, 0.4) is 0 Å². The number of anilines is 1. The number of hydrogen-bond donors (Lipinski definition) is 1. The SMILES string of the molecule is COc1ccc(-n2nc(-c3ccco3)c(C#N)c2N)cc1. The Kier molecular flexibility index (Phi) is 3.09. The summed E-state index contributed by atoms with van der Waals surface area (Å²) in [6.45, 7) is 0. The normalized spacial score (nSPS) is 10.3. The number of nitrogen functional groups attached to an aromatic ring is 1. The first-order chi connectivity index (χ1) is 10.2. The van der Waals surface area contributed by atoms with Crippen molar-refractivity contribution in [2.45, 2.75) is 0 Å². The Hall–Kier alpha value is -3.20. The lowest BCUT2D eigenvalue weighted by molar-refractivity contribution is 0.414. The van der Waals surface area contributed by atoms with Gasteiger partial charge in [-0.15, -0.1) is 0 Å². The molecule has 0 aliphatic carbocycles. The summed E-state index contributed by atoms with van der Waals surface area (Å²) >= 11 is 0. The molecular formula is C15H12N4O2. The highest BCUT2D eigenvalue weighted by Crippen LogP contribution is 2.29. The Balaban J connectivity index is 2.13. The van der Waals surface area contributed by atoms with Gasteiger partial charge in [-0.2, -0.15) is 10.4 Å². The molecule has 0 radical (unpaired) electrons. The molecule has 0 spiro atoms. The van der Waals surface area contributed by atoms with Crippen molar-refractivity contribution in [1.29, 1.82) is 5.26 Å². The zero-order chi connectivity index (χ0) is 14.8. The number of benzene rings is 1. The molecule has 2 N–H and O–H groups in total. The number of methoxy groups -OCH3 is 1. The molecule has 0 aliphatic heterocycles. The summed E-state index contributed by atoms with van der Waals surface area (Å²) in [4.78, 5) is 0. The monoisotopic (exact) mass is 280 g/mol. The predicted octanol–water partition coefficient (Wildman–Crippen LogP) is 2.59. The van der Waals surface area contributed by atoms with Gasteiger partial charge >= 0.3 is 0 Å². The third kappa shape index (κ3) is 2.11. The number of ether oxygens (including phenoxy) is 1. The fourth-order valence-electron chi connectivity index (χ4n) is 2.05. The number of aromatic nitrogens is 2. The van der Waals surface area contributed by atoms with Gasteiger partial charge in [0.05, 0.1) is 19.1 Å². The van der Waals surface area contributed by atoms with Crippen LogP contribution in [0.2, 0.25) is 0 Å². The van der Waals surface area contributed by atoms with Crippen molar-refractivity contribution in [3.63, 3.8) is 0 Å². The zero-order valence-electron chi connectivity index (χ0n) is 11.3. The van der Waals surface area contributed by atoms with E-state index in [1.807, 2.05) is 12.1 Å². The van der Waals surface area contributed by atoms with Crippen LogP contribution in [0.5, 0.6) is 5.75 Å². The van der Waals surface area contributed by atoms with E-state index in [4.69, 9.17) is 14.9 Å². The molecule has 2 aromatic heterocycles. The Morgan fingerprint density at radius 1 is 1.29 bits per heavy atom. The van der Waals surface area contributed by atoms with Crippen molar-refractivity contribution < 1.29 is 9.15 Å². The third-order valence-electron chi connectivity index (χ3n) is 3.10. The fraction of sp³-hybridized carbons (Fsp3) is 0.0667. The number of furan rings is 1. The number of nitrogens with two attached hydrogens (primary N) is 1. The minimum absolute atomic E-state index is 0.272. The molecule has 0 aliphatic rings. The van der Waals surface area contributed by atoms with Crippen molar-refractivity contribution in [1.82, 2.24) is 9.78 Å². The molecular weight excluding hydrogens is 268 g/mol. The molecule has 21 heavy (non-hydrogen) atoms. The van der Waals surface area contributed by atoms with Crippen LogP contribution < -0.4 is 10.5 Å². The molecule has 0 saturated carbocycles. The van der Waals surface area contributed by atoms with Crippen LogP contribution >= 0.6 is 0 Å². The maximum Gasteiger partial charge on any atom is 0.155 e. The van der Waals surface area contributed by atoms with Crippen LogP contribution in [0.4, 0.5) is 5.82 Å². The fourth-order valence-corrected chi connectivity index (χ4v) is 2.05. The topological polar surface area (TPSA) is 90.0 Å².